The summed E-state index contributed by atoms with van der Waals surface area (Å²) in [7, 11) is -3.85. The van der Waals surface area contributed by atoms with Crippen LogP contribution in [0.2, 0.25) is 0 Å². The number of hydrogen-bond donors (Lipinski definition) is 0. The van der Waals surface area contributed by atoms with E-state index in [-0.39, 0.29) is 27.8 Å². The zero-order valence-corrected chi connectivity index (χ0v) is 21.5. The molecule has 0 aromatic heterocycles. The molecule has 4 aliphatic rings. The van der Waals surface area contributed by atoms with Crippen LogP contribution in [0.1, 0.15) is 71.3 Å². The minimum Gasteiger partial charge on any atom is -0.462 e. The lowest BCUT2D eigenvalue weighted by Crippen LogP contribution is -2.50. The number of ether oxygens (including phenoxy) is 1. The number of esters is 1. The van der Waals surface area contributed by atoms with Crippen molar-refractivity contribution in [2.75, 3.05) is 0 Å². The second-order valence-electron chi connectivity index (χ2n) is 11.3. The number of aryl methyl sites for hydroxylation is 1. The lowest BCUT2D eigenvalue weighted by molar-refractivity contribution is -0.148. The predicted octanol–water partition coefficient (Wildman–Crippen LogP) is 6.09. The van der Waals surface area contributed by atoms with Crippen LogP contribution in [0.3, 0.4) is 0 Å². The molecule has 0 N–H and O–H groups in total. The van der Waals surface area contributed by atoms with Crippen LogP contribution < -0.4 is 0 Å². The summed E-state index contributed by atoms with van der Waals surface area (Å²) in [5, 5.41) is 0. The van der Waals surface area contributed by atoms with Crippen LogP contribution in [0, 0.1) is 35.5 Å². The fraction of sp³-hybridized carbons (Fsp3) is 0.607. The third-order valence-corrected chi connectivity index (χ3v) is 10.7. The molecule has 0 saturated heterocycles. The predicted molar refractivity (Wildman–Crippen MR) is 130 cm³/mol. The minimum absolute atomic E-state index is 0.00219. The number of allylic oxidation sites excluding steroid dienone is 3. The van der Waals surface area contributed by atoms with Gasteiger partial charge in [-0.25, -0.2) is 0 Å². The van der Waals surface area contributed by atoms with Gasteiger partial charge in [-0.15, -0.1) is 0 Å². The molecule has 0 heterocycles. The van der Waals surface area contributed by atoms with Crippen molar-refractivity contribution in [3.63, 3.8) is 0 Å². The van der Waals surface area contributed by atoms with Crippen molar-refractivity contribution >= 4 is 16.1 Å². The van der Waals surface area contributed by atoms with Crippen molar-refractivity contribution in [2.45, 2.75) is 83.6 Å². The molecule has 1 aromatic carbocycles. The van der Waals surface area contributed by atoms with Gasteiger partial charge in [0.2, 0.25) is 0 Å². The van der Waals surface area contributed by atoms with Gasteiger partial charge >= 0.3 is 16.1 Å². The molecule has 0 amide bonds. The van der Waals surface area contributed by atoms with Gasteiger partial charge in [0.1, 0.15) is 16.8 Å². The van der Waals surface area contributed by atoms with Gasteiger partial charge in [0.15, 0.2) is 0 Å². The lowest BCUT2D eigenvalue weighted by atomic mass is 9.48. The zero-order valence-electron chi connectivity index (χ0n) is 20.7. The summed E-state index contributed by atoms with van der Waals surface area (Å²) in [5.74, 6) is 1.91. The SMILES string of the molecule is CC(=O)O[C@H]1CC[C@@]2(C)C(=CC[C@@H]3[C@@H]2CC[C@]2(C)C(OS(=O)(=O)c4ccc(C)cc4)=CC[C@@H]32)C1. The van der Waals surface area contributed by atoms with E-state index < -0.39 is 10.1 Å². The van der Waals surface area contributed by atoms with E-state index in [4.69, 9.17) is 8.92 Å². The van der Waals surface area contributed by atoms with Crippen LogP contribution in [-0.2, 0) is 23.8 Å². The molecule has 1 aromatic rings. The number of rotatable bonds is 4. The van der Waals surface area contributed by atoms with E-state index in [1.807, 2.05) is 13.0 Å². The normalized spacial score (nSPS) is 36.9. The Hall–Kier alpha value is -2.08. The van der Waals surface area contributed by atoms with E-state index in [9.17, 15) is 13.2 Å². The highest BCUT2D eigenvalue weighted by Gasteiger charge is 2.58. The molecule has 6 atom stereocenters. The standard InChI is InChI=1S/C28H36O5S/c1-18-5-8-22(9-6-18)34(30,31)33-26-12-11-24-23-10-7-20-17-21(32-19(2)29)13-15-27(20,3)25(23)14-16-28(24,26)4/h5-9,12,21,23-25H,10-11,13-17H2,1-4H3/t21-,23-,24-,25-,27-,28-/m0/s1. The zero-order chi connectivity index (χ0) is 24.3. The van der Waals surface area contributed by atoms with Gasteiger partial charge in [-0.2, -0.15) is 8.42 Å². The summed E-state index contributed by atoms with van der Waals surface area (Å²) in [6.45, 7) is 8.04. The molecule has 4 aliphatic carbocycles. The summed E-state index contributed by atoms with van der Waals surface area (Å²) < 4.78 is 37.5. The van der Waals surface area contributed by atoms with Crippen LogP contribution >= 0.6 is 0 Å². The van der Waals surface area contributed by atoms with Gasteiger partial charge in [-0.05, 0) is 86.8 Å². The molecule has 0 unspecified atom stereocenters. The molecule has 5 nitrogen and oxygen atoms in total. The fourth-order valence-electron chi connectivity index (χ4n) is 7.49. The average Bonchev–Trinajstić information content (AvgIpc) is 3.09. The summed E-state index contributed by atoms with van der Waals surface area (Å²) in [6.07, 6.45) is 11.1. The Morgan fingerprint density at radius 1 is 0.971 bits per heavy atom. The third-order valence-electron chi connectivity index (χ3n) is 9.41. The Labute approximate surface area is 203 Å². The first-order chi connectivity index (χ1) is 16.0. The Bertz CT molecular complexity index is 1150. The molecule has 0 spiro atoms. The number of carbonyl (C=O) groups excluding carboxylic acids is 1. The quantitative estimate of drug-likeness (QED) is 0.294. The van der Waals surface area contributed by atoms with E-state index in [0.717, 1.165) is 50.5 Å². The van der Waals surface area contributed by atoms with Crippen molar-refractivity contribution in [1.29, 1.82) is 0 Å². The molecule has 6 heteroatoms. The van der Waals surface area contributed by atoms with Gasteiger partial charge < -0.3 is 8.92 Å². The van der Waals surface area contributed by atoms with Crippen molar-refractivity contribution in [3.05, 3.63) is 53.3 Å². The molecule has 184 valence electrons. The van der Waals surface area contributed by atoms with Gasteiger partial charge in [0.05, 0.1) is 0 Å². The van der Waals surface area contributed by atoms with Crippen LogP contribution in [0.4, 0.5) is 0 Å². The van der Waals surface area contributed by atoms with E-state index >= 15 is 0 Å². The summed E-state index contributed by atoms with van der Waals surface area (Å²) >= 11 is 0. The van der Waals surface area contributed by atoms with Crippen LogP contribution in [-0.4, -0.2) is 20.5 Å². The van der Waals surface area contributed by atoms with E-state index in [0.29, 0.717) is 23.5 Å². The van der Waals surface area contributed by atoms with Crippen LogP contribution in [0.25, 0.3) is 0 Å². The van der Waals surface area contributed by atoms with Gasteiger partial charge in [0.25, 0.3) is 0 Å². The summed E-state index contributed by atoms with van der Waals surface area (Å²) in [5.41, 5.74) is 2.36. The van der Waals surface area contributed by atoms with E-state index in [2.05, 4.69) is 19.9 Å². The Kier molecular flexibility index (Phi) is 5.74. The van der Waals surface area contributed by atoms with E-state index in [1.165, 1.54) is 12.5 Å². The Morgan fingerprint density at radius 2 is 1.68 bits per heavy atom. The number of benzene rings is 1. The van der Waals surface area contributed by atoms with E-state index in [1.54, 1.807) is 24.3 Å². The summed E-state index contributed by atoms with van der Waals surface area (Å²) in [4.78, 5) is 11.7. The highest BCUT2D eigenvalue weighted by atomic mass is 32.2. The maximum Gasteiger partial charge on any atom is 0.338 e. The maximum absolute atomic E-state index is 13.0. The van der Waals surface area contributed by atoms with Crippen molar-refractivity contribution < 1.29 is 22.1 Å². The Balaban J connectivity index is 1.35. The summed E-state index contributed by atoms with van der Waals surface area (Å²) in [6, 6.07) is 6.85. The molecule has 0 aliphatic heterocycles. The van der Waals surface area contributed by atoms with Crippen molar-refractivity contribution in [3.8, 4) is 0 Å². The maximum atomic E-state index is 13.0. The molecule has 0 radical (unpaired) electrons. The van der Waals surface area contributed by atoms with Crippen molar-refractivity contribution in [1.82, 2.24) is 0 Å². The molecular weight excluding hydrogens is 448 g/mol. The molecular formula is C28H36O5S. The van der Waals surface area contributed by atoms with Gasteiger partial charge in [-0.3, -0.25) is 4.79 Å². The first kappa shape index (κ1) is 23.7. The first-order valence-corrected chi connectivity index (χ1v) is 14.0. The molecule has 2 saturated carbocycles. The van der Waals surface area contributed by atoms with Crippen LogP contribution in [0.5, 0.6) is 0 Å². The molecule has 34 heavy (non-hydrogen) atoms. The molecule has 5 rings (SSSR count). The first-order valence-electron chi connectivity index (χ1n) is 12.6. The smallest absolute Gasteiger partial charge is 0.338 e. The van der Waals surface area contributed by atoms with Crippen LogP contribution in [0.15, 0.2) is 52.6 Å². The highest BCUT2D eigenvalue weighted by molar-refractivity contribution is 7.86. The molecule has 0 bridgehead atoms. The number of fused-ring (bicyclic) bond motifs is 5. The third kappa shape index (κ3) is 3.82. The average molecular weight is 485 g/mol. The number of carbonyl (C=O) groups is 1. The fourth-order valence-corrected chi connectivity index (χ4v) is 8.55. The highest BCUT2D eigenvalue weighted by Crippen LogP contribution is 2.65. The Morgan fingerprint density at radius 3 is 2.38 bits per heavy atom. The van der Waals surface area contributed by atoms with Crippen molar-refractivity contribution in [2.24, 2.45) is 28.6 Å². The monoisotopic (exact) mass is 484 g/mol. The second-order valence-corrected chi connectivity index (χ2v) is 12.9. The van der Waals surface area contributed by atoms with Gasteiger partial charge in [0, 0.05) is 18.8 Å². The molecule has 2 fully saturated rings. The largest absolute Gasteiger partial charge is 0.462 e. The lowest BCUT2D eigenvalue weighted by Gasteiger charge is -2.57. The minimum atomic E-state index is -3.85. The second kappa shape index (κ2) is 8.25. The number of hydrogen-bond acceptors (Lipinski definition) is 5. The topological polar surface area (TPSA) is 69.7 Å². The van der Waals surface area contributed by atoms with Gasteiger partial charge in [-0.1, -0.05) is 43.2 Å².